The van der Waals surface area contributed by atoms with Gasteiger partial charge in [0.25, 0.3) is 0 Å². The third kappa shape index (κ3) is 19.1. The molecule has 8 heteroatoms. The summed E-state index contributed by atoms with van der Waals surface area (Å²) in [6.07, 6.45) is 6.87. The SMILES string of the molecule is CCCCCCCCOCCOCCOCCOC(=O)CCC(=O)C(=O)O. The molecule has 0 spiro atoms. The van der Waals surface area contributed by atoms with E-state index in [4.69, 9.17) is 24.1 Å². The summed E-state index contributed by atoms with van der Waals surface area (Å²) in [6, 6.07) is 0. The number of unbranched alkanes of at least 4 members (excludes halogenated alkanes) is 5. The van der Waals surface area contributed by atoms with Crippen molar-refractivity contribution in [1.82, 2.24) is 0 Å². The van der Waals surface area contributed by atoms with Crippen molar-refractivity contribution in [1.29, 1.82) is 0 Å². The fourth-order valence-electron chi connectivity index (χ4n) is 2.14. The number of ether oxygens (including phenoxy) is 4. The molecule has 8 nitrogen and oxygen atoms in total. The number of rotatable bonds is 20. The van der Waals surface area contributed by atoms with Crippen LogP contribution in [0.25, 0.3) is 0 Å². The van der Waals surface area contributed by atoms with Crippen LogP contribution in [-0.2, 0) is 33.3 Å². The molecule has 0 aromatic rings. The Kier molecular flexibility index (Phi) is 18.2. The van der Waals surface area contributed by atoms with Gasteiger partial charge in [0.15, 0.2) is 0 Å². The van der Waals surface area contributed by atoms with Crippen molar-refractivity contribution in [2.45, 2.75) is 58.3 Å². The zero-order valence-electron chi connectivity index (χ0n) is 16.4. The van der Waals surface area contributed by atoms with Crippen molar-refractivity contribution in [3.8, 4) is 0 Å². The molecule has 1 N–H and O–H groups in total. The van der Waals surface area contributed by atoms with Crippen molar-refractivity contribution in [3.05, 3.63) is 0 Å². The minimum Gasteiger partial charge on any atom is -0.476 e. The van der Waals surface area contributed by atoms with E-state index in [1.54, 1.807) is 0 Å². The van der Waals surface area contributed by atoms with Crippen LogP contribution in [0.5, 0.6) is 0 Å². The van der Waals surface area contributed by atoms with Gasteiger partial charge in [0.2, 0.25) is 5.78 Å². The maximum atomic E-state index is 11.3. The lowest BCUT2D eigenvalue weighted by atomic mass is 10.1. The monoisotopic (exact) mass is 390 g/mol. The molecule has 0 saturated heterocycles. The van der Waals surface area contributed by atoms with E-state index in [0.717, 1.165) is 13.0 Å². The highest BCUT2D eigenvalue weighted by Crippen LogP contribution is 2.04. The molecule has 0 bridgehead atoms. The Morgan fingerprint density at radius 1 is 0.667 bits per heavy atom. The topological polar surface area (TPSA) is 108 Å². The normalized spacial score (nSPS) is 10.7. The first-order chi connectivity index (χ1) is 13.1. The van der Waals surface area contributed by atoms with E-state index < -0.39 is 17.7 Å². The summed E-state index contributed by atoms with van der Waals surface area (Å²) in [4.78, 5) is 32.4. The van der Waals surface area contributed by atoms with Crippen molar-refractivity contribution in [2.75, 3.05) is 46.2 Å². The largest absolute Gasteiger partial charge is 0.476 e. The molecule has 27 heavy (non-hydrogen) atoms. The maximum absolute atomic E-state index is 11.3. The highest BCUT2D eigenvalue weighted by atomic mass is 16.6. The molecule has 0 atom stereocenters. The van der Waals surface area contributed by atoms with E-state index in [9.17, 15) is 14.4 Å². The highest BCUT2D eigenvalue weighted by Gasteiger charge is 2.14. The van der Waals surface area contributed by atoms with Crippen LogP contribution in [0, 0.1) is 0 Å². The number of hydrogen-bond acceptors (Lipinski definition) is 7. The number of carboxylic acids is 1. The third-order valence-corrected chi connectivity index (χ3v) is 3.67. The van der Waals surface area contributed by atoms with E-state index in [0.29, 0.717) is 26.4 Å². The summed E-state index contributed by atoms with van der Waals surface area (Å²) in [5, 5.41) is 8.38. The smallest absolute Gasteiger partial charge is 0.372 e. The lowest BCUT2D eigenvalue weighted by molar-refractivity contribution is -0.151. The van der Waals surface area contributed by atoms with E-state index in [1.807, 2.05) is 0 Å². The molecular formula is C19H34O8. The molecule has 158 valence electrons. The Labute approximate surface area is 161 Å². The van der Waals surface area contributed by atoms with Gasteiger partial charge in [0.05, 0.1) is 39.5 Å². The van der Waals surface area contributed by atoms with E-state index in [1.165, 1.54) is 32.1 Å². The van der Waals surface area contributed by atoms with Gasteiger partial charge < -0.3 is 24.1 Å². The molecule has 0 heterocycles. The predicted molar refractivity (Wildman–Crippen MR) is 98.7 cm³/mol. The molecule has 0 radical (unpaired) electrons. The fourth-order valence-corrected chi connectivity index (χ4v) is 2.14. The molecule has 0 aromatic heterocycles. The fraction of sp³-hybridized carbons (Fsp3) is 0.842. The van der Waals surface area contributed by atoms with Crippen LogP contribution in [-0.4, -0.2) is 69.1 Å². The first-order valence-electron chi connectivity index (χ1n) is 9.73. The summed E-state index contributed by atoms with van der Waals surface area (Å²) in [7, 11) is 0. The van der Waals surface area contributed by atoms with Crippen LogP contribution >= 0.6 is 0 Å². The van der Waals surface area contributed by atoms with Crippen LogP contribution in [0.4, 0.5) is 0 Å². The molecule has 0 fully saturated rings. The van der Waals surface area contributed by atoms with Gasteiger partial charge in [0, 0.05) is 13.0 Å². The number of aliphatic carboxylic acids is 1. The average molecular weight is 390 g/mol. The summed E-state index contributed by atoms with van der Waals surface area (Å²) in [5.41, 5.74) is 0. The molecule has 0 aliphatic carbocycles. The van der Waals surface area contributed by atoms with E-state index >= 15 is 0 Å². The first-order valence-corrected chi connectivity index (χ1v) is 9.73. The average Bonchev–Trinajstić information content (AvgIpc) is 2.65. The van der Waals surface area contributed by atoms with E-state index in [2.05, 4.69) is 6.92 Å². The Morgan fingerprint density at radius 2 is 1.19 bits per heavy atom. The van der Waals surface area contributed by atoms with Crippen LogP contribution in [0.15, 0.2) is 0 Å². The summed E-state index contributed by atoms with van der Waals surface area (Å²) in [5.74, 6) is -3.16. The van der Waals surface area contributed by atoms with Gasteiger partial charge in [-0.1, -0.05) is 39.0 Å². The Balaban J connectivity index is 3.19. The van der Waals surface area contributed by atoms with Crippen LogP contribution in [0.3, 0.4) is 0 Å². The van der Waals surface area contributed by atoms with Gasteiger partial charge in [-0.05, 0) is 6.42 Å². The predicted octanol–water partition coefficient (Wildman–Crippen LogP) is 2.37. The molecule has 0 rings (SSSR count). The second-order valence-electron chi connectivity index (χ2n) is 6.05. The molecular weight excluding hydrogens is 356 g/mol. The van der Waals surface area contributed by atoms with Gasteiger partial charge in [-0.2, -0.15) is 0 Å². The minimum absolute atomic E-state index is 0.0570. The van der Waals surface area contributed by atoms with E-state index in [-0.39, 0.29) is 26.1 Å². The first kappa shape index (κ1) is 25.5. The standard InChI is InChI=1S/C19H34O8/c1-2-3-4-5-6-7-10-24-11-12-25-13-14-26-15-16-27-18(21)9-8-17(20)19(22)23/h2-16H2,1H3,(H,22,23). The minimum atomic E-state index is -1.54. The molecule has 0 aliphatic rings. The number of Topliss-reactive ketones (excluding diaryl/α,β-unsaturated/α-hetero) is 1. The molecule has 0 aliphatic heterocycles. The second-order valence-corrected chi connectivity index (χ2v) is 6.05. The maximum Gasteiger partial charge on any atom is 0.372 e. The zero-order chi connectivity index (χ0) is 20.2. The number of esters is 1. The van der Waals surface area contributed by atoms with Crippen molar-refractivity contribution in [3.63, 3.8) is 0 Å². The number of carbonyl (C=O) groups is 3. The Morgan fingerprint density at radius 3 is 1.78 bits per heavy atom. The van der Waals surface area contributed by atoms with Crippen molar-refractivity contribution >= 4 is 17.7 Å². The number of hydrogen-bond donors (Lipinski definition) is 1. The van der Waals surface area contributed by atoms with Crippen LogP contribution in [0.2, 0.25) is 0 Å². The van der Waals surface area contributed by atoms with Gasteiger partial charge in [-0.25, -0.2) is 4.79 Å². The second kappa shape index (κ2) is 19.3. The third-order valence-electron chi connectivity index (χ3n) is 3.67. The Hall–Kier alpha value is -1.51. The Bertz CT molecular complexity index is 397. The van der Waals surface area contributed by atoms with Crippen LogP contribution < -0.4 is 0 Å². The van der Waals surface area contributed by atoms with Gasteiger partial charge in [-0.3, -0.25) is 9.59 Å². The van der Waals surface area contributed by atoms with Crippen molar-refractivity contribution in [2.24, 2.45) is 0 Å². The summed E-state index contributed by atoms with van der Waals surface area (Å²) < 4.78 is 20.9. The van der Waals surface area contributed by atoms with Gasteiger partial charge in [0.1, 0.15) is 6.61 Å². The highest BCUT2D eigenvalue weighted by molar-refractivity contribution is 6.32. The molecule has 0 saturated carbocycles. The number of carbonyl (C=O) groups excluding carboxylic acids is 2. The quantitative estimate of drug-likeness (QED) is 0.192. The molecule has 0 aromatic carbocycles. The van der Waals surface area contributed by atoms with Crippen LogP contribution in [0.1, 0.15) is 58.3 Å². The zero-order valence-corrected chi connectivity index (χ0v) is 16.4. The number of ketones is 1. The van der Waals surface area contributed by atoms with Gasteiger partial charge in [-0.15, -0.1) is 0 Å². The summed E-state index contributed by atoms with van der Waals surface area (Å²) in [6.45, 7) is 5.16. The molecule has 0 amide bonds. The number of carboxylic acid groups (broad SMARTS) is 1. The molecule has 0 unspecified atom stereocenters. The lowest BCUT2D eigenvalue weighted by Crippen LogP contribution is -2.17. The summed E-state index contributed by atoms with van der Waals surface area (Å²) >= 11 is 0. The van der Waals surface area contributed by atoms with Crippen molar-refractivity contribution < 1.29 is 38.4 Å². The van der Waals surface area contributed by atoms with Gasteiger partial charge >= 0.3 is 11.9 Å². The lowest BCUT2D eigenvalue weighted by Gasteiger charge is -2.07.